The lowest BCUT2D eigenvalue weighted by atomic mass is 10.1. The van der Waals surface area contributed by atoms with Crippen molar-refractivity contribution in [2.75, 3.05) is 24.5 Å². The Morgan fingerprint density at radius 3 is 2.25 bits per heavy atom. The fourth-order valence-electron chi connectivity index (χ4n) is 3.88. The maximum Gasteiger partial charge on any atom is 0.250 e. The molecule has 0 aliphatic carbocycles. The van der Waals surface area contributed by atoms with Gasteiger partial charge in [0.2, 0.25) is 15.9 Å². The van der Waals surface area contributed by atoms with Crippen molar-refractivity contribution in [1.82, 2.24) is 9.62 Å². The fraction of sp³-hybridized carbons (Fsp3) is 0.292. The normalized spacial score (nSPS) is 15.5. The first-order valence-corrected chi connectivity index (χ1v) is 13.0. The number of rotatable bonds is 8. The summed E-state index contributed by atoms with van der Waals surface area (Å²) >= 11 is 1.22. The van der Waals surface area contributed by atoms with E-state index in [1.165, 1.54) is 11.3 Å². The Bertz CT molecular complexity index is 1100. The van der Waals surface area contributed by atoms with E-state index >= 15 is 0 Å². The van der Waals surface area contributed by atoms with Crippen molar-refractivity contribution in [2.24, 2.45) is 0 Å². The van der Waals surface area contributed by atoms with E-state index in [0.29, 0.717) is 43.2 Å². The van der Waals surface area contributed by atoms with Crippen molar-refractivity contribution in [3.05, 3.63) is 83.7 Å². The summed E-state index contributed by atoms with van der Waals surface area (Å²) in [5.74, 6) is 0.0395. The fourth-order valence-corrected chi connectivity index (χ4v) is 6.19. The van der Waals surface area contributed by atoms with Crippen LogP contribution in [0.25, 0.3) is 0 Å². The molecule has 2 heterocycles. The molecule has 1 N–H and O–H groups in total. The Labute approximate surface area is 193 Å². The quantitative estimate of drug-likeness (QED) is 0.546. The zero-order valence-electron chi connectivity index (χ0n) is 17.8. The highest BCUT2D eigenvalue weighted by Gasteiger charge is 2.27. The van der Waals surface area contributed by atoms with Crippen molar-refractivity contribution in [1.29, 1.82) is 0 Å². The number of hydrogen-bond donors (Lipinski definition) is 1. The predicted octanol–water partition coefficient (Wildman–Crippen LogP) is 3.72. The van der Waals surface area contributed by atoms with E-state index in [1.54, 1.807) is 17.5 Å². The molecule has 0 spiro atoms. The van der Waals surface area contributed by atoms with Crippen LogP contribution in [0.1, 0.15) is 18.4 Å². The Hall–Kier alpha value is -2.52. The molecule has 0 saturated carbocycles. The van der Waals surface area contributed by atoms with E-state index < -0.39 is 10.0 Å². The van der Waals surface area contributed by atoms with Crippen molar-refractivity contribution in [2.45, 2.75) is 29.6 Å². The third kappa shape index (κ3) is 5.83. The zero-order valence-corrected chi connectivity index (χ0v) is 19.4. The minimum absolute atomic E-state index is 0.0395. The van der Waals surface area contributed by atoms with Gasteiger partial charge in [0.25, 0.3) is 0 Å². The summed E-state index contributed by atoms with van der Waals surface area (Å²) < 4.78 is 28.1. The number of carbonyl (C=O) groups is 1. The summed E-state index contributed by atoms with van der Waals surface area (Å²) in [6, 6.07) is 22.9. The van der Waals surface area contributed by atoms with Gasteiger partial charge in [0, 0.05) is 24.8 Å². The molecule has 1 saturated heterocycles. The standard InChI is InChI=1S/C24H27N3O3S2/c28-23(27(22-10-5-2-6-11-22)18-20-8-3-1-4-9-20)19-26-15-13-21(14-16-26)25-32(29,30)24-12-7-17-31-24/h1-12,17,21,25H,13-16,18-19H2. The zero-order chi connectivity index (χ0) is 22.4. The first kappa shape index (κ1) is 22.7. The molecule has 8 heteroatoms. The molecular formula is C24H27N3O3S2. The Morgan fingerprint density at radius 1 is 0.969 bits per heavy atom. The molecule has 2 aromatic carbocycles. The van der Waals surface area contributed by atoms with Crippen LogP contribution in [-0.4, -0.2) is 44.9 Å². The second kappa shape index (κ2) is 10.4. The number of sulfonamides is 1. The molecule has 1 fully saturated rings. The molecule has 1 amide bonds. The van der Waals surface area contributed by atoms with E-state index in [0.717, 1.165) is 11.3 Å². The number of nitrogens with one attached hydrogen (secondary N) is 1. The number of benzene rings is 2. The lowest BCUT2D eigenvalue weighted by Gasteiger charge is -2.33. The molecule has 1 aromatic heterocycles. The van der Waals surface area contributed by atoms with Crippen LogP contribution in [0.15, 0.2) is 82.4 Å². The summed E-state index contributed by atoms with van der Waals surface area (Å²) in [6.45, 7) is 2.18. The van der Waals surface area contributed by atoms with Gasteiger partial charge >= 0.3 is 0 Å². The maximum atomic E-state index is 13.3. The van der Waals surface area contributed by atoms with Crippen LogP contribution in [0.5, 0.6) is 0 Å². The minimum Gasteiger partial charge on any atom is -0.307 e. The van der Waals surface area contributed by atoms with Crippen molar-refractivity contribution < 1.29 is 13.2 Å². The first-order valence-electron chi connectivity index (χ1n) is 10.7. The van der Waals surface area contributed by atoms with Gasteiger partial charge in [-0.05, 0) is 42.0 Å². The number of piperidine rings is 1. The van der Waals surface area contributed by atoms with Crippen LogP contribution < -0.4 is 9.62 Å². The van der Waals surface area contributed by atoms with Crippen molar-refractivity contribution in [3.63, 3.8) is 0 Å². The molecule has 0 radical (unpaired) electrons. The topological polar surface area (TPSA) is 69.7 Å². The monoisotopic (exact) mass is 469 g/mol. The van der Waals surface area contributed by atoms with Gasteiger partial charge in [-0.1, -0.05) is 54.6 Å². The number of para-hydroxylation sites is 1. The van der Waals surface area contributed by atoms with Gasteiger partial charge in [-0.3, -0.25) is 9.69 Å². The highest BCUT2D eigenvalue weighted by molar-refractivity contribution is 7.91. The molecular weight excluding hydrogens is 442 g/mol. The van der Waals surface area contributed by atoms with Crippen LogP contribution in [0, 0.1) is 0 Å². The number of anilines is 1. The van der Waals surface area contributed by atoms with Gasteiger partial charge in [-0.25, -0.2) is 13.1 Å². The summed E-state index contributed by atoms with van der Waals surface area (Å²) in [4.78, 5) is 17.2. The van der Waals surface area contributed by atoms with Crippen LogP contribution >= 0.6 is 11.3 Å². The number of amides is 1. The van der Waals surface area contributed by atoms with E-state index in [1.807, 2.05) is 65.6 Å². The molecule has 0 unspecified atom stereocenters. The number of carbonyl (C=O) groups excluding carboxylic acids is 1. The molecule has 32 heavy (non-hydrogen) atoms. The van der Waals surface area contributed by atoms with Gasteiger partial charge in [-0.2, -0.15) is 0 Å². The lowest BCUT2D eigenvalue weighted by Crippen LogP contribution is -2.48. The van der Waals surface area contributed by atoms with E-state index in [-0.39, 0.29) is 11.9 Å². The molecule has 1 aliphatic rings. The van der Waals surface area contributed by atoms with E-state index in [2.05, 4.69) is 9.62 Å². The number of likely N-dealkylation sites (tertiary alicyclic amines) is 1. The van der Waals surface area contributed by atoms with Crippen LogP contribution in [0.3, 0.4) is 0 Å². The smallest absolute Gasteiger partial charge is 0.250 e. The Balaban J connectivity index is 1.36. The Kier molecular flexibility index (Phi) is 7.36. The predicted molar refractivity (Wildman–Crippen MR) is 128 cm³/mol. The molecule has 0 bridgehead atoms. The largest absolute Gasteiger partial charge is 0.307 e. The van der Waals surface area contributed by atoms with E-state index in [9.17, 15) is 13.2 Å². The van der Waals surface area contributed by atoms with Gasteiger partial charge in [-0.15, -0.1) is 11.3 Å². The van der Waals surface area contributed by atoms with Gasteiger partial charge < -0.3 is 4.90 Å². The summed E-state index contributed by atoms with van der Waals surface area (Å²) in [5.41, 5.74) is 1.95. The average molecular weight is 470 g/mol. The molecule has 0 atom stereocenters. The molecule has 6 nitrogen and oxygen atoms in total. The minimum atomic E-state index is -3.47. The lowest BCUT2D eigenvalue weighted by molar-refractivity contribution is -0.120. The van der Waals surface area contributed by atoms with Gasteiger partial charge in [0.05, 0.1) is 13.1 Å². The van der Waals surface area contributed by atoms with Gasteiger partial charge in [0.15, 0.2) is 0 Å². The van der Waals surface area contributed by atoms with Crippen LogP contribution in [-0.2, 0) is 21.4 Å². The molecule has 168 valence electrons. The molecule has 1 aliphatic heterocycles. The molecule has 4 rings (SSSR count). The second-order valence-corrected chi connectivity index (χ2v) is 10.8. The van der Waals surface area contributed by atoms with Crippen molar-refractivity contribution in [3.8, 4) is 0 Å². The van der Waals surface area contributed by atoms with Crippen LogP contribution in [0.4, 0.5) is 5.69 Å². The number of thiophene rings is 1. The number of nitrogens with zero attached hydrogens (tertiary/aromatic N) is 2. The van der Waals surface area contributed by atoms with E-state index in [4.69, 9.17) is 0 Å². The number of hydrogen-bond acceptors (Lipinski definition) is 5. The van der Waals surface area contributed by atoms with Crippen LogP contribution in [0.2, 0.25) is 0 Å². The summed E-state index contributed by atoms with van der Waals surface area (Å²) in [6.07, 6.45) is 1.36. The maximum absolute atomic E-state index is 13.3. The third-order valence-electron chi connectivity index (χ3n) is 5.58. The SMILES string of the molecule is O=C(CN1CCC(NS(=O)(=O)c2cccs2)CC1)N(Cc1ccccc1)c1ccccc1. The third-order valence-corrected chi connectivity index (χ3v) is 8.50. The Morgan fingerprint density at radius 2 is 1.62 bits per heavy atom. The molecule has 3 aromatic rings. The highest BCUT2D eigenvalue weighted by Crippen LogP contribution is 2.20. The highest BCUT2D eigenvalue weighted by atomic mass is 32.2. The van der Waals surface area contributed by atoms with Crippen molar-refractivity contribution >= 4 is 33.0 Å². The summed E-state index contributed by atoms with van der Waals surface area (Å²) in [7, 11) is -3.47. The second-order valence-electron chi connectivity index (χ2n) is 7.90. The average Bonchev–Trinajstić information content (AvgIpc) is 3.36. The first-order chi connectivity index (χ1) is 15.5. The van der Waals surface area contributed by atoms with Gasteiger partial charge in [0.1, 0.15) is 4.21 Å². The summed E-state index contributed by atoms with van der Waals surface area (Å²) in [5, 5.41) is 1.76.